The predicted octanol–water partition coefficient (Wildman–Crippen LogP) is 0.668. The Labute approximate surface area is 144 Å². The molecule has 2 atom stereocenters. The molecule has 2 unspecified atom stereocenters. The Morgan fingerprint density at radius 2 is 2.00 bits per heavy atom. The summed E-state index contributed by atoms with van der Waals surface area (Å²) >= 11 is 0. The number of aromatic nitrogens is 1. The number of hydrogen-bond acceptors (Lipinski definition) is 6. The Bertz CT molecular complexity index is 747. The lowest BCUT2D eigenvalue weighted by Gasteiger charge is -2.18. The van der Waals surface area contributed by atoms with Gasteiger partial charge in [0.2, 0.25) is 0 Å². The molecule has 0 aliphatic heterocycles. The zero-order chi connectivity index (χ0) is 18.2. The van der Waals surface area contributed by atoms with Crippen LogP contribution >= 0.6 is 0 Å². The lowest BCUT2D eigenvalue weighted by atomic mass is 10.0. The molecule has 8 heteroatoms. The standard InChI is InChI=1S/C17H21N3O5/c18-13-8-12(9-20-16(13)23)15(22)14(21)6-7-19-17(24)25-10-11-4-2-1-3-5-11/h1-5,8-9,14-15,21-22H,6-7,10,18H2,(H,19,24)(H,20,23). The summed E-state index contributed by atoms with van der Waals surface area (Å²) in [4.78, 5) is 25.1. The Hall–Kier alpha value is -2.84. The first-order valence-corrected chi connectivity index (χ1v) is 7.76. The number of carbonyl (C=O) groups excluding carboxylic acids is 1. The van der Waals surface area contributed by atoms with Crippen LogP contribution in [0.3, 0.4) is 0 Å². The van der Waals surface area contributed by atoms with Crippen LogP contribution in [0.4, 0.5) is 10.5 Å². The fourth-order valence-corrected chi connectivity index (χ4v) is 2.17. The number of anilines is 1. The van der Waals surface area contributed by atoms with Gasteiger partial charge in [0, 0.05) is 18.3 Å². The van der Waals surface area contributed by atoms with Gasteiger partial charge in [-0.1, -0.05) is 30.3 Å². The number of aliphatic hydroxyl groups is 2. The van der Waals surface area contributed by atoms with Gasteiger partial charge >= 0.3 is 6.09 Å². The number of H-pyrrole nitrogens is 1. The van der Waals surface area contributed by atoms with E-state index in [0.29, 0.717) is 0 Å². The van der Waals surface area contributed by atoms with Crippen LogP contribution in [0.1, 0.15) is 23.7 Å². The molecule has 0 radical (unpaired) electrons. The Kier molecular flexibility index (Phi) is 6.55. The summed E-state index contributed by atoms with van der Waals surface area (Å²) in [6.45, 7) is 0.263. The van der Waals surface area contributed by atoms with Crippen LogP contribution in [0.25, 0.3) is 0 Å². The average Bonchev–Trinajstić information content (AvgIpc) is 2.62. The van der Waals surface area contributed by atoms with Gasteiger partial charge in [-0.15, -0.1) is 0 Å². The van der Waals surface area contributed by atoms with Crippen molar-refractivity contribution in [3.05, 3.63) is 64.1 Å². The second-order valence-corrected chi connectivity index (χ2v) is 5.51. The number of carbonyl (C=O) groups is 1. The fraction of sp³-hybridized carbons (Fsp3) is 0.294. The minimum Gasteiger partial charge on any atom is -0.445 e. The smallest absolute Gasteiger partial charge is 0.407 e. The number of hydrogen-bond donors (Lipinski definition) is 5. The number of alkyl carbamates (subject to hydrolysis) is 1. The van der Waals surface area contributed by atoms with Crippen LogP contribution in [0, 0.1) is 0 Å². The van der Waals surface area contributed by atoms with Crippen molar-refractivity contribution in [2.45, 2.75) is 25.2 Å². The zero-order valence-electron chi connectivity index (χ0n) is 13.5. The maximum atomic E-state index is 11.6. The quantitative estimate of drug-likeness (QED) is 0.499. The molecule has 8 nitrogen and oxygen atoms in total. The molecule has 1 amide bonds. The number of nitrogens with two attached hydrogens (primary N) is 1. The summed E-state index contributed by atoms with van der Waals surface area (Å²) in [5, 5.41) is 22.5. The normalized spacial score (nSPS) is 13.0. The number of amides is 1. The molecule has 134 valence electrons. The third-order valence-corrected chi connectivity index (χ3v) is 3.58. The minimum absolute atomic E-state index is 0.0497. The van der Waals surface area contributed by atoms with Gasteiger partial charge in [-0.3, -0.25) is 4.79 Å². The van der Waals surface area contributed by atoms with E-state index >= 15 is 0 Å². The van der Waals surface area contributed by atoms with Crippen LogP contribution < -0.4 is 16.6 Å². The Morgan fingerprint density at radius 3 is 2.68 bits per heavy atom. The van der Waals surface area contributed by atoms with E-state index in [1.165, 1.54) is 12.3 Å². The first-order chi connectivity index (χ1) is 12.0. The maximum Gasteiger partial charge on any atom is 0.407 e. The third kappa shape index (κ3) is 5.63. The summed E-state index contributed by atoms with van der Waals surface area (Å²) < 4.78 is 5.03. The largest absolute Gasteiger partial charge is 0.445 e. The van der Waals surface area contributed by atoms with E-state index in [0.717, 1.165) is 5.56 Å². The van der Waals surface area contributed by atoms with Gasteiger partial charge in [-0.05, 0) is 18.1 Å². The van der Waals surface area contributed by atoms with E-state index in [1.807, 2.05) is 30.3 Å². The van der Waals surface area contributed by atoms with Gasteiger partial charge in [0.1, 0.15) is 12.7 Å². The van der Waals surface area contributed by atoms with Gasteiger partial charge in [0.25, 0.3) is 5.56 Å². The molecule has 0 fully saturated rings. The molecule has 2 aromatic rings. The van der Waals surface area contributed by atoms with Crippen LogP contribution in [-0.4, -0.2) is 33.9 Å². The molecule has 2 rings (SSSR count). The summed E-state index contributed by atoms with van der Waals surface area (Å²) in [6, 6.07) is 10.5. The van der Waals surface area contributed by atoms with Gasteiger partial charge < -0.3 is 31.0 Å². The van der Waals surface area contributed by atoms with E-state index in [4.69, 9.17) is 10.5 Å². The second kappa shape index (κ2) is 8.86. The first kappa shape index (κ1) is 18.5. The minimum atomic E-state index is -1.23. The fourth-order valence-electron chi connectivity index (χ4n) is 2.17. The number of nitrogen functional groups attached to an aromatic ring is 1. The van der Waals surface area contributed by atoms with Crippen LogP contribution in [0.15, 0.2) is 47.4 Å². The van der Waals surface area contributed by atoms with E-state index < -0.39 is 23.9 Å². The third-order valence-electron chi connectivity index (χ3n) is 3.58. The molecule has 0 saturated carbocycles. The van der Waals surface area contributed by atoms with E-state index in [-0.39, 0.29) is 30.8 Å². The second-order valence-electron chi connectivity index (χ2n) is 5.51. The summed E-state index contributed by atoms with van der Waals surface area (Å²) in [5.74, 6) is 0. The van der Waals surface area contributed by atoms with Crippen molar-refractivity contribution in [3.63, 3.8) is 0 Å². The molecule has 0 aliphatic carbocycles. The molecule has 1 aromatic heterocycles. The van der Waals surface area contributed by atoms with E-state index in [1.54, 1.807) is 0 Å². The van der Waals surface area contributed by atoms with Crippen LogP contribution in [-0.2, 0) is 11.3 Å². The number of rotatable bonds is 7. The number of nitrogens with one attached hydrogen (secondary N) is 2. The Balaban J connectivity index is 1.73. The van der Waals surface area contributed by atoms with Gasteiger partial charge in [0.05, 0.1) is 11.8 Å². The number of ether oxygens (including phenoxy) is 1. The molecule has 0 saturated heterocycles. The number of aromatic amines is 1. The van der Waals surface area contributed by atoms with Gasteiger partial charge in [0.15, 0.2) is 0 Å². The molecule has 0 spiro atoms. The van der Waals surface area contributed by atoms with Crippen molar-refractivity contribution in [3.8, 4) is 0 Å². The SMILES string of the molecule is Nc1cc(C(O)C(O)CCNC(=O)OCc2ccccc2)c[nH]c1=O. The molecular formula is C17H21N3O5. The molecule has 6 N–H and O–H groups in total. The summed E-state index contributed by atoms with van der Waals surface area (Å²) in [5.41, 5.74) is 6.11. The monoisotopic (exact) mass is 347 g/mol. The van der Waals surface area contributed by atoms with Crippen molar-refractivity contribution < 1.29 is 19.7 Å². The average molecular weight is 347 g/mol. The van der Waals surface area contributed by atoms with E-state index in [9.17, 15) is 19.8 Å². The molecule has 0 aliphatic rings. The molecule has 0 bridgehead atoms. The van der Waals surface area contributed by atoms with Crippen molar-refractivity contribution in [1.29, 1.82) is 0 Å². The van der Waals surface area contributed by atoms with Crippen LogP contribution in [0.5, 0.6) is 0 Å². The maximum absolute atomic E-state index is 11.6. The van der Waals surface area contributed by atoms with Crippen molar-refractivity contribution in [1.82, 2.24) is 10.3 Å². The lowest BCUT2D eigenvalue weighted by Crippen LogP contribution is -2.30. The van der Waals surface area contributed by atoms with Crippen LogP contribution in [0.2, 0.25) is 0 Å². The van der Waals surface area contributed by atoms with E-state index in [2.05, 4.69) is 10.3 Å². The number of aliphatic hydroxyl groups excluding tert-OH is 2. The van der Waals surface area contributed by atoms with Crippen molar-refractivity contribution >= 4 is 11.8 Å². The zero-order valence-corrected chi connectivity index (χ0v) is 13.5. The molecule has 1 heterocycles. The highest BCUT2D eigenvalue weighted by molar-refractivity contribution is 5.67. The van der Waals surface area contributed by atoms with Crippen molar-refractivity contribution in [2.75, 3.05) is 12.3 Å². The van der Waals surface area contributed by atoms with Gasteiger partial charge in [-0.2, -0.15) is 0 Å². The summed E-state index contributed by atoms with van der Waals surface area (Å²) in [6.07, 6.45) is -1.60. The number of pyridine rings is 1. The van der Waals surface area contributed by atoms with Gasteiger partial charge in [-0.25, -0.2) is 4.79 Å². The molecule has 25 heavy (non-hydrogen) atoms. The highest BCUT2D eigenvalue weighted by atomic mass is 16.5. The highest BCUT2D eigenvalue weighted by Crippen LogP contribution is 2.18. The lowest BCUT2D eigenvalue weighted by molar-refractivity contribution is 0.0134. The molecular weight excluding hydrogens is 326 g/mol. The summed E-state index contributed by atoms with van der Waals surface area (Å²) in [7, 11) is 0. The Morgan fingerprint density at radius 1 is 1.28 bits per heavy atom. The predicted molar refractivity (Wildman–Crippen MR) is 91.7 cm³/mol. The number of benzene rings is 1. The van der Waals surface area contributed by atoms with Crippen molar-refractivity contribution in [2.24, 2.45) is 0 Å². The molecule has 1 aromatic carbocycles. The highest BCUT2D eigenvalue weighted by Gasteiger charge is 2.19. The first-order valence-electron chi connectivity index (χ1n) is 7.76. The topological polar surface area (TPSA) is 138 Å².